The summed E-state index contributed by atoms with van der Waals surface area (Å²) in [7, 11) is 0. The van der Waals surface area contributed by atoms with Crippen LogP contribution >= 0.6 is 0 Å². The maximum absolute atomic E-state index is 12.4. The summed E-state index contributed by atoms with van der Waals surface area (Å²) in [6.45, 7) is 0.0782. The number of nitrogens with one attached hydrogen (secondary N) is 2. The van der Waals surface area contributed by atoms with Crippen molar-refractivity contribution < 1.29 is 28.9 Å². The zero-order valence-electron chi connectivity index (χ0n) is 16.7. The number of anilines is 1. The summed E-state index contributed by atoms with van der Waals surface area (Å²) in [5, 5.41) is 20.9. The van der Waals surface area contributed by atoms with Crippen LogP contribution in [0.4, 0.5) is 10.6 Å². The average molecular weight is 434 g/mol. The van der Waals surface area contributed by atoms with Gasteiger partial charge >= 0.3 is 12.1 Å². The number of carboxylic acids is 1. The van der Waals surface area contributed by atoms with Gasteiger partial charge in [-0.1, -0.05) is 48.5 Å². The van der Waals surface area contributed by atoms with Crippen LogP contribution in [0.5, 0.6) is 0 Å². The number of rotatable bonds is 6. The van der Waals surface area contributed by atoms with Crippen molar-refractivity contribution in [3.05, 3.63) is 65.4 Å². The van der Waals surface area contributed by atoms with Crippen molar-refractivity contribution in [1.82, 2.24) is 15.6 Å². The molecule has 1 saturated carbocycles. The van der Waals surface area contributed by atoms with Crippen molar-refractivity contribution in [2.45, 2.75) is 24.3 Å². The van der Waals surface area contributed by atoms with Crippen LogP contribution in [0.3, 0.4) is 0 Å². The highest BCUT2D eigenvalue weighted by atomic mass is 16.6. The van der Waals surface area contributed by atoms with E-state index in [1.54, 1.807) is 0 Å². The number of amides is 2. The molecule has 2 aliphatic carbocycles. The van der Waals surface area contributed by atoms with E-state index in [1.165, 1.54) is 0 Å². The van der Waals surface area contributed by atoms with Gasteiger partial charge in [-0.05, 0) is 45.4 Å². The molecule has 3 aromatic rings. The summed E-state index contributed by atoms with van der Waals surface area (Å²) in [5.41, 5.74) is 2.69. The Bertz CT molecular complexity index is 1190. The van der Waals surface area contributed by atoms with Crippen molar-refractivity contribution in [3.8, 4) is 11.1 Å². The Morgan fingerprint density at radius 2 is 1.66 bits per heavy atom. The van der Waals surface area contributed by atoms with Gasteiger partial charge in [0.1, 0.15) is 12.1 Å². The van der Waals surface area contributed by atoms with E-state index in [1.807, 2.05) is 48.5 Å². The maximum atomic E-state index is 12.4. The first-order valence-corrected chi connectivity index (χ1v) is 9.99. The van der Waals surface area contributed by atoms with Gasteiger partial charge in [-0.2, -0.15) is 0 Å². The zero-order valence-corrected chi connectivity index (χ0v) is 16.7. The lowest BCUT2D eigenvalue weighted by atomic mass is 9.98. The first-order valence-electron chi connectivity index (χ1n) is 9.99. The van der Waals surface area contributed by atoms with Crippen LogP contribution in [-0.4, -0.2) is 45.5 Å². The highest BCUT2D eigenvalue weighted by Gasteiger charge is 2.52. The number of carboxylic acid groups (broad SMARTS) is 1. The highest BCUT2D eigenvalue weighted by molar-refractivity contribution is 6.02. The van der Waals surface area contributed by atoms with E-state index in [-0.39, 0.29) is 24.0 Å². The van der Waals surface area contributed by atoms with Crippen LogP contribution in [0.25, 0.3) is 11.1 Å². The Balaban J connectivity index is 1.26. The summed E-state index contributed by atoms with van der Waals surface area (Å²) in [4.78, 5) is 36.1. The third kappa shape index (κ3) is 3.35. The molecule has 0 spiro atoms. The standard InChI is InChI=1S/C22H18N4O6/c27-19(24-22(9-10-22)20(28)29)17-18(26-32-25-17)23-21(30)31-11-16-14-7-3-1-5-12(14)13-6-2-4-8-15(13)16/h1-8,16H,9-11H2,(H,24,27)(H,28,29)(H,23,26,30). The van der Waals surface area contributed by atoms with Crippen LogP contribution in [0.2, 0.25) is 0 Å². The molecule has 10 nitrogen and oxygen atoms in total. The van der Waals surface area contributed by atoms with E-state index in [4.69, 9.17) is 4.74 Å². The van der Waals surface area contributed by atoms with E-state index >= 15 is 0 Å². The molecular weight excluding hydrogens is 416 g/mol. The fourth-order valence-electron chi connectivity index (χ4n) is 3.94. The number of carbonyl (C=O) groups is 3. The van der Waals surface area contributed by atoms with Crippen molar-refractivity contribution in [2.24, 2.45) is 0 Å². The summed E-state index contributed by atoms with van der Waals surface area (Å²) < 4.78 is 9.97. The zero-order chi connectivity index (χ0) is 22.3. The molecule has 2 amide bonds. The normalized spacial score (nSPS) is 15.4. The Labute approximate surface area is 181 Å². The molecule has 0 unspecified atom stereocenters. The van der Waals surface area contributed by atoms with Gasteiger partial charge in [-0.3, -0.25) is 10.1 Å². The fraction of sp³-hybridized carbons (Fsp3) is 0.227. The average Bonchev–Trinajstić information content (AvgIpc) is 3.31. The molecule has 0 bridgehead atoms. The van der Waals surface area contributed by atoms with E-state index in [2.05, 4.69) is 25.6 Å². The smallest absolute Gasteiger partial charge is 0.412 e. The van der Waals surface area contributed by atoms with Crippen LogP contribution in [0, 0.1) is 0 Å². The topological polar surface area (TPSA) is 144 Å². The largest absolute Gasteiger partial charge is 0.480 e. The highest BCUT2D eigenvalue weighted by Crippen LogP contribution is 2.44. The van der Waals surface area contributed by atoms with Crippen LogP contribution in [0.1, 0.15) is 40.4 Å². The van der Waals surface area contributed by atoms with Gasteiger partial charge in [-0.15, -0.1) is 0 Å². The molecule has 162 valence electrons. The number of aliphatic carboxylic acids is 1. The van der Waals surface area contributed by atoms with Gasteiger partial charge in [0.25, 0.3) is 5.91 Å². The Kier molecular flexibility index (Phi) is 4.62. The maximum Gasteiger partial charge on any atom is 0.412 e. The van der Waals surface area contributed by atoms with Crippen molar-refractivity contribution in [1.29, 1.82) is 0 Å². The number of fused-ring (bicyclic) bond motifs is 3. The van der Waals surface area contributed by atoms with E-state index in [0.717, 1.165) is 22.3 Å². The lowest BCUT2D eigenvalue weighted by Crippen LogP contribution is -2.43. The molecule has 32 heavy (non-hydrogen) atoms. The molecule has 0 aliphatic heterocycles. The molecule has 1 heterocycles. The SMILES string of the molecule is O=C(Nc1nonc1C(=O)NC1(C(=O)O)CC1)OCC1c2ccccc2-c2ccccc21. The number of ether oxygens (including phenoxy) is 1. The predicted molar refractivity (Wildman–Crippen MR) is 110 cm³/mol. The van der Waals surface area contributed by atoms with Gasteiger partial charge in [0.05, 0.1) is 0 Å². The van der Waals surface area contributed by atoms with Crippen LogP contribution < -0.4 is 10.6 Å². The van der Waals surface area contributed by atoms with E-state index < -0.39 is 23.5 Å². The van der Waals surface area contributed by atoms with Gasteiger partial charge < -0.3 is 15.2 Å². The third-order valence-electron chi connectivity index (χ3n) is 5.78. The molecule has 0 saturated heterocycles. The number of hydrogen-bond donors (Lipinski definition) is 3. The minimum absolute atomic E-state index is 0.0782. The van der Waals surface area contributed by atoms with E-state index in [0.29, 0.717) is 12.8 Å². The molecule has 10 heteroatoms. The Morgan fingerprint density at radius 3 is 2.25 bits per heavy atom. The van der Waals surface area contributed by atoms with Gasteiger partial charge in [0.15, 0.2) is 0 Å². The number of hydrogen-bond acceptors (Lipinski definition) is 7. The van der Waals surface area contributed by atoms with Crippen LogP contribution in [-0.2, 0) is 9.53 Å². The number of aromatic nitrogens is 2. The summed E-state index contributed by atoms with van der Waals surface area (Å²) >= 11 is 0. The van der Waals surface area contributed by atoms with Crippen molar-refractivity contribution >= 4 is 23.8 Å². The molecule has 0 atom stereocenters. The molecular formula is C22H18N4O6. The van der Waals surface area contributed by atoms with Crippen molar-refractivity contribution in [2.75, 3.05) is 11.9 Å². The molecule has 5 rings (SSSR count). The Hall–Kier alpha value is -4.21. The first-order chi connectivity index (χ1) is 15.5. The van der Waals surface area contributed by atoms with Gasteiger partial charge in [-0.25, -0.2) is 14.2 Å². The number of carbonyl (C=O) groups excluding carboxylic acids is 2. The van der Waals surface area contributed by atoms with Crippen molar-refractivity contribution in [3.63, 3.8) is 0 Å². The predicted octanol–water partition coefficient (Wildman–Crippen LogP) is 2.78. The Morgan fingerprint density at radius 1 is 1.03 bits per heavy atom. The number of benzene rings is 2. The molecule has 3 N–H and O–H groups in total. The first kappa shape index (κ1) is 19.7. The second-order valence-electron chi connectivity index (χ2n) is 7.75. The fourth-order valence-corrected chi connectivity index (χ4v) is 3.94. The molecule has 1 aromatic heterocycles. The molecule has 0 radical (unpaired) electrons. The second-order valence-corrected chi connectivity index (χ2v) is 7.75. The minimum atomic E-state index is -1.31. The number of nitrogens with zero attached hydrogens (tertiary/aromatic N) is 2. The summed E-state index contributed by atoms with van der Waals surface area (Å²) in [5.74, 6) is -2.31. The molecule has 2 aromatic carbocycles. The lowest BCUT2D eigenvalue weighted by Gasteiger charge is -2.14. The third-order valence-corrected chi connectivity index (χ3v) is 5.78. The minimum Gasteiger partial charge on any atom is -0.480 e. The van der Waals surface area contributed by atoms with Gasteiger partial charge in [0, 0.05) is 5.92 Å². The summed E-state index contributed by atoms with van der Waals surface area (Å²) in [6, 6.07) is 15.9. The molecule has 1 fully saturated rings. The monoisotopic (exact) mass is 434 g/mol. The van der Waals surface area contributed by atoms with Gasteiger partial charge in [0.2, 0.25) is 11.5 Å². The second kappa shape index (κ2) is 7.49. The summed E-state index contributed by atoms with van der Waals surface area (Å²) in [6.07, 6.45) is -0.209. The van der Waals surface area contributed by atoms with E-state index in [9.17, 15) is 19.5 Å². The molecule has 2 aliphatic rings. The lowest BCUT2D eigenvalue weighted by molar-refractivity contribution is -0.140. The van der Waals surface area contributed by atoms with Crippen LogP contribution in [0.15, 0.2) is 53.2 Å². The quantitative estimate of drug-likeness (QED) is 0.537.